The van der Waals surface area contributed by atoms with E-state index in [-0.39, 0.29) is 6.04 Å². The molecule has 1 aromatic carbocycles. The van der Waals surface area contributed by atoms with Crippen LogP contribution in [0.3, 0.4) is 0 Å². The summed E-state index contributed by atoms with van der Waals surface area (Å²) >= 11 is 0. The Kier molecular flexibility index (Phi) is 3.38. The van der Waals surface area contributed by atoms with Gasteiger partial charge in [0.1, 0.15) is 0 Å². The lowest BCUT2D eigenvalue weighted by atomic mass is 9.77. The van der Waals surface area contributed by atoms with Crippen molar-refractivity contribution >= 4 is 0 Å². The average molecular weight is 259 g/mol. The molecule has 18 heavy (non-hydrogen) atoms. The number of benzene rings is 1. The van der Waals surface area contributed by atoms with Gasteiger partial charge in [-0.2, -0.15) is 13.2 Å². The second-order valence-electron chi connectivity index (χ2n) is 4.97. The second kappa shape index (κ2) is 4.55. The Hall–Kier alpha value is -1.07. The molecule has 1 aliphatic carbocycles. The maximum absolute atomic E-state index is 12.6. The van der Waals surface area contributed by atoms with Crippen molar-refractivity contribution in [2.45, 2.75) is 43.5 Å². The van der Waals surface area contributed by atoms with Crippen molar-refractivity contribution in [3.63, 3.8) is 0 Å². The number of halogens is 3. The number of aliphatic hydroxyl groups is 1. The third-order valence-electron chi connectivity index (χ3n) is 3.49. The quantitative estimate of drug-likeness (QED) is 0.814. The van der Waals surface area contributed by atoms with Gasteiger partial charge in [-0.1, -0.05) is 12.1 Å². The minimum atomic E-state index is -4.39. The molecule has 0 saturated heterocycles. The molecule has 0 heterocycles. The Labute approximate surface area is 104 Å². The number of hydrogen-bond acceptors (Lipinski definition) is 2. The largest absolute Gasteiger partial charge is 0.416 e. The molecule has 1 aromatic rings. The first kappa shape index (κ1) is 13.4. The monoisotopic (exact) mass is 259 g/mol. The van der Waals surface area contributed by atoms with Gasteiger partial charge in [-0.05, 0) is 43.4 Å². The molecule has 3 N–H and O–H groups in total. The second-order valence-corrected chi connectivity index (χ2v) is 4.97. The Morgan fingerprint density at radius 1 is 1.33 bits per heavy atom. The summed E-state index contributed by atoms with van der Waals surface area (Å²) in [7, 11) is 0. The Morgan fingerprint density at radius 2 is 2.06 bits per heavy atom. The molecule has 1 fully saturated rings. The van der Waals surface area contributed by atoms with Crippen molar-refractivity contribution < 1.29 is 18.3 Å². The van der Waals surface area contributed by atoms with Crippen LogP contribution < -0.4 is 5.73 Å². The minimum absolute atomic E-state index is 0.154. The summed E-state index contributed by atoms with van der Waals surface area (Å²) in [6, 6.07) is 4.75. The highest BCUT2D eigenvalue weighted by Gasteiger charge is 2.37. The van der Waals surface area contributed by atoms with Gasteiger partial charge in [-0.15, -0.1) is 0 Å². The van der Waals surface area contributed by atoms with E-state index in [1.807, 2.05) is 0 Å². The summed E-state index contributed by atoms with van der Waals surface area (Å²) in [5.41, 5.74) is 4.15. The van der Waals surface area contributed by atoms with Crippen LogP contribution in [0.1, 0.15) is 36.8 Å². The molecule has 100 valence electrons. The lowest BCUT2D eigenvalue weighted by Gasteiger charge is -2.36. The van der Waals surface area contributed by atoms with Gasteiger partial charge in [0.15, 0.2) is 0 Å². The summed E-state index contributed by atoms with van der Waals surface area (Å²) in [5.74, 6) is 0. The third kappa shape index (κ3) is 2.67. The molecule has 1 aliphatic rings. The van der Waals surface area contributed by atoms with Crippen molar-refractivity contribution in [2.24, 2.45) is 5.73 Å². The van der Waals surface area contributed by atoms with E-state index in [2.05, 4.69) is 0 Å². The lowest BCUT2D eigenvalue weighted by Crippen LogP contribution is -2.39. The van der Waals surface area contributed by atoms with Crippen LogP contribution in [0.2, 0.25) is 0 Å². The molecule has 0 aliphatic heterocycles. The van der Waals surface area contributed by atoms with E-state index in [0.29, 0.717) is 18.4 Å². The first-order valence-electron chi connectivity index (χ1n) is 5.97. The Balaban J connectivity index is 2.33. The van der Waals surface area contributed by atoms with Gasteiger partial charge in [0.05, 0.1) is 11.2 Å². The standard InChI is InChI=1S/C13H16F3NO/c14-13(15,16)10-4-1-3-9(7-10)12(18)6-2-5-11(17)8-12/h1,3-4,7,11,18H,2,5-6,8,17H2/t11?,12-/m0/s1. The van der Waals surface area contributed by atoms with Crippen LogP contribution in [0, 0.1) is 0 Å². The highest BCUT2D eigenvalue weighted by Crippen LogP contribution is 2.38. The van der Waals surface area contributed by atoms with E-state index in [1.165, 1.54) is 12.1 Å². The summed E-state index contributed by atoms with van der Waals surface area (Å²) in [6.45, 7) is 0. The van der Waals surface area contributed by atoms with E-state index < -0.39 is 17.3 Å². The zero-order valence-corrected chi connectivity index (χ0v) is 9.87. The first-order valence-corrected chi connectivity index (χ1v) is 5.97. The average Bonchev–Trinajstić information content (AvgIpc) is 2.28. The molecular formula is C13H16F3NO. The number of nitrogens with two attached hydrogens (primary N) is 1. The molecule has 2 atom stereocenters. The molecule has 1 saturated carbocycles. The van der Waals surface area contributed by atoms with E-state index in [4.69, 9.17) is 5.73 Å². The van der Waals surface area contributed by atoms with Crippen LogP contribution in [-0.4, -0.2) is 11.1 Å². The predicted molar refractivity (Wildman–Crippen MR) is 61.8 cm³/mol. The first-order chi connectivity index (χ1) is 8.31. The lowest BCUT2D eigenvalue weighted by molar-refractivity contribution is -0.137. The maximum Gasteiger partial charge on any atom is 0.416 e. The van der Waals surface area contributed by atoms with Gasteiger partial charge >= 0.3 is 6.18 Å². The number of rotatable bonds is 1. The van der Waals surface area contributed by atoms with Crippen molar-refractivity contribution in [3.05, 3.63) is 35.4 Å². The SMILES string of the molecule is NC1CCC[C@@](O)(c2cccc(C(F)(F)F)c2)C1. The summed E-state index contributed by atoms with van der Waals surface area (Å²) in [6.07, 6.45) is -2.07. The van der Waals surface area contributed by atoms with Crippen molar-refractivity contribution in [1.82, 2.24) is 0 Å². The van der Waals surface area contributed by atoms with Gasteiger partial charge in [-0.25, -0.2) is 0 Å². The van der Waals surface area contributed by atoms with Crippen molar-refractivity contribution in [3.8, 4) is 0 Å². The number of hydrogen-bond donors (Lipinski definition) is 2. The van der Waals surface area contributed by atoms with E-state index in [1.54, 1.807) is 0 Å². The zero-order chi connectivity index (χ0) is 13.4. The fourth-order valence-electron chi connectivity index (χ4n) is 2.54. The van der Waals surface area contributed by atoms with Gasteiger partial charge in [0, 0.05) is 6.04 Å². The molecule has 0 bridgehead atoms. The third-order valence-corrected chi connectivity index (χ3v) is 3.49. The Bertz CT molecular complexity index is 432. The van der Waals surface area contributed by atoms with Crippen molar-refractivity contribution in [1.29, 1.82) is 0 Å². The van der Waals surface area contributed by atoms with E-state index >= 15 is 0 Å². The maximum atomic E-state index is 12.6. The summed E-state index contributed by atoms with van der Waals surface area (Å²) < 4.78 is 37.9. The number of alkyl halides is 3. The molecule has 0 amide bonds. The Morgan fingerprint density at radius 3 is 2.67 bits per heavy atom. The van der Waals surface area contributed by atoms with Crippen LogP contribution in [0.5, 0.6) is 0 Å². The van der Waals surface area contributed by atoms with Crippen LogP contribution in [0.25, 0.3) is 0 Å². The molecule has 0 aromatic heterocycles. The van der Waals surface area contributed by atoms with Crippen LogP contribution in [-0.2, 0) is 11.8 Å². The molecule has 1 unspecified atom stereocenters. The zero-order valence-electron chi connectivity index (χ0n) is 9.87. The van der Waals surface area contributed by atoms with Crippen molar-refractivity contribution in [2.75, 3.05) is 0 Å². The topological polar surface area (TPSA) is 46.2 Å². The summed E-state index contributed by atoms with van der Waals surface area (Å²) in [4.78, 5) is 0. The molecule has 0 spiro atoms. The van der Waals surface area contributed by atoms with Crippen LogP contribution in [0.4, 0.5) is 13.2 Å². The highest BCUT2D eigenvalue weighted by molar-refractivity contribution is 5.30. The van der Waals surface area contributed by atoms with Gasteiger partial charge in [0.2, 0.25) is 0 Å². The normalized spacial score (nSPS) is 29.3. The fourth-order valence-corrected chi connectivity index (χ4v) is 2.54. The molecule has 5 heteroatoms. The van der Waals surface area contributed by atoms with E-state index in [9.17, 15) is 18.3 Å². The smallest absolute Gasteiger partial charge is 0.385 e. The highest BCUT2D eigenvalue weighted by atomic mass is 19.4. The summed E-state index contributed by atoms with van der Waals surface area (Å²) in [5, 5.41) is 10.5. The van der Waals surface area contributed by atoms with Gasteiger partial charge in [0.25, 0.3) is 0 Å². The molecule has 2 nitrogen and oxygen atoms in total. The van der Waals surface area contributed by atoms with Gasteiger partial charge < -0.3 is 10.8 Å². The van der Waals surface area contributed by atoms with Crippen LogP contribution in [0.15, 0.2) is 24.3 Å². The minimum Gasteiger partial charge on any atom is -0.385 e. The van der Waals surface area contributed by atoms with Crippen LogP contribution >= 0.6 is 0 Å². The molecular weight excluding hydrogens is 243 g/mol. The van der Waals surface area contributed by atoms with Gasteiger partial charge in [-0.3, -0.25) is 0 Å². The fraction of sp³-hybridized carbons (Fsp3) is 0.538. The molecule has 2 rings (SSSR count). The molecule has 0 radical (unpaired) electrons. The van der Waals surface area contributed by atoms with E-state index in [0.717, 1.165) is 25.0 Å². The predicted octanol–water partition coefficient (Wildman–Crippen LogP) is 2.79.